The molecule has 75 valence electrons. The first-order valence-electron chi connectivity index (χ1n) is 4.63. The van der Waals surface area contributed by atoms with Crippen molar-refractivity contribution in [3.63, 3.8) is 0 Å². The molecule has 0 aliphatic heterocycles. The molecule has 2 atom stereocenters. The lowest BCUT2D eigenvalue weighted by Crippen LogP contribution is -2.37. The lowest BCUT2D eigenvalue weighted by Gasteiger charge is -2.34. The smallest absolute Gasteiger partial charge is 0.104 e. The number of hydrogen-bond acceptors (Lipinski definition) is 2. The minimum absolute atomic E-state index is 0.115. The predicted molar refractivity (Wildman–Crippen MR) is 48.3 cm³/mol. The van der Waals surface area contributed by atoms with Crippen molar-refractivity contribution in [3.05, 3.63) is 11.6 Å². The largest absolute Gasteiger partial charge is 0.389 e. The molecule has 13 heavy (non-hydrogen) atoms. The molecule has 0 aromatic rings. The Bertz CT molecular complexity index is 208. The zero-order valence-corrected chi connectivity index (χ0v) is 8.41. The van der Waals surface area contributed by atoms with E-state index in [1.807, 2.05) is 13.0 Å². The summed E-state index contributed by atoms with van der Waals surface area (Å²) in [6, 6.07) is 0. The molecule has 1 N–H and O–H groups in total. The number of allylic oxidation sites excluding steroid dienone is 1. The van der Waals surface area contributed by atoms with Crippen LogP contribution in [0.5, 0.6) is 0 Å². The topological polar surface area (TPSA) is 49.4 Å². The number of aliphatic hydroxyl groups excluding tert-OH is 1. The zero-order valence-electron chi connectivity index (χ0n) is 8.41. The molecule has 3 heteroatoms. The molecule has 0 fully saturated rings. The fraction of sp³-hybridized carbons (Fsp3) is 0.800. The van der Waals surface area contributed by atoms with Crippen molar-refractivity contribution in [2.75, 3.05) is 0 Å². The van der Waals surface area contributed by atoms with E-state index in [0.29, 0.717) is 6.42 Å². The minimum Gasteiger partial charge on any atom is -0.389 e. The molecule has 0 heterocycles. The second kappa shape index (κ2) is 3.78. The van der Waals surface area contributed by atoms with Gasteiger partial charge in [-0.2, -0.15) is 4.89 Å². The number of rotatable bonds is 2. The predicted octanol–water partition coefficient (Wildman–Crippen LogP) is 1.84. The van der Waals surface area contributed by atoms with Crippen molar-refractivity contribution < 1.29 is 15.3 Å². The molecule has 0 saturated heterocycles. The van der Waals surface area contributed by atoms with Gasteiger partial charge in [-0.1, -0.05) is 6.08 Å². The summed E-state index contributed by atoms with van der Waals surface area (Å²) in [6.07, 6.45) is 3.02. The van der Waals surface area contributed by atoms with Crippen LogP contribution in [0.3, 0.4) is 0 Å². The van der Waals surface area contributed by atoms with Crippen LogP contribution in [0.4, 0.5) is 0 Å². The highest BCUT2D eigenvalue weighted by Crippen LogP contribution is 2.33. The maximum atomic E-state index is 10.4. The van der Waals surface area contributed by atoms with Crippen LogP contribution < -0.4 is 0 Å². The van der Waals surface area contributed by atoms with E-state index in [0.717, 1.165) is 12.0 Å². The Balaban J connectivity index is 2.67. The maximum absolute atomic E-state index is 10.4. The van der Waals surface area contributed by atoms with E-state index in [2.05, 4.69) is 4.89 Å². The summed E-state index contributed by atoms with van der Waals surface area (Å²) < 4.78 is 0. The normalized spacial score (nSPS) is 30.1. The molecular formula is C10H17O3. The molecule has 0 bridgehead atoms. The van der Waals surface area contributed by atoms with Gasteiger partial charge in [0.15, 0.2) is 0 Å². The van der Waals surface area contributed by atoms with Crippen molar-refractivity contribution in [3.8, 4) is 0 Å². The van der Waals surface area contributed by atoms with Gasteiger partial charge in [0.1, 0.15) is 5.60 Å². The van der Waals surface area contributed by atoms with Crippen LogP contribution in [-0.4, -0.2) is 16.8 Å². The zero-order chi connectivity index (χ0) is 10.1. The summed E-state index contributed by atoms with van der Waals surface area (Å²) in [5, 5.41) is 20.0. The van der Waals surface area contributed by atoms with Crippen LogP contribution in [-0.2, 0) is 10.1 Å². The third-order valence-corrected chi connectivity index (χ3v) is 2.96. The summed E-state index contributed by atoms with van der Waals surface area (Å²) in [7, 11) is 0. The van der Waals surface area contributed by atoms with Gasteiger partial charge in [0.25, 0.3) is 0 Å². The molecule has 2 unspecified atom stereocenters. The first-order valence-corrected chi connectivity index (χ1v) is 4.63. The molecule has 0 saturated carbocycles. The monoisotopic (exact) mass is 185 g/mol. The van der Waals surface area contributed by atoms with Crippen molar-refractivity contribution >= 4 is 0 Å². The van der Waals surface area contributed by atoms with Crippen molar-refractivity contribution in [2.45, 2.75) is 45.3 Å². The minimum atomic E-state index is -0.682. The van der Waals surface area contributed by atoms with Gasteiger partial charge in [-0.05, 0) is 50.4 Å². The summed E-state index contributed by atoms with van der Waals surface area (Å²) in [4.78, 5) is 4.17. The van der Waals surface area contributed by atoms with E-state index in [9.17, 15) is 10.4 Å². The lowest BCUT2D eigenvalue weighted by molar-refractivity contribution is -0.377. The molecule has 1 aliphatic carbocycles. The van der Waals surface area contributed by atoms with E-state index < -0.39 is 11.7 Å². The fourth-order valence-electron chi connectivity index (χ4n) is 1.65. The quantitative estimate of drug-likeness (QED) is 0.405. The Morgan fingerprint density at radius 1 is 1.62 bits per heavy atom. The number of aliphatic hydroxyl groups is 1. The molecule has 0 aromatic carbocycles. The molecule has 0 aromatic heterocycles. The van der Waals surface area contributed by atoms with Crippen LogP contribution >= 0.6 is 0 Å². The van der Waals surface area contributed by atoms with Crippen LogP contribution in [0.25, 0.3) is 0 Å². The Morgan fingerprint density at radius 2 is 2.23 bits per heavy atom. The van der Waals surface area contributed by atoms with Crippen LogP contribution in [0.2, 0.25) is 0 Å². The molecule has 1 radical (unpaired) electrons. The van der Waals surface area contributed by atoms with Crippen LogP contribution in [0.1, 0.15) is 33.6 Å². The highest BCUT2D eigenvalue weighted by atomic mass is 17.1. The second-order valence-corrected chi connectivity index (χ2v) is 4.32. The van der Waals surface area contributed by atoms with Gasteiger partial charge >= 0.3 is 0 Å². The Kier molecular flexibility index (Phi) is 3.11. The standard InChI is InChI=1S/C10H17O3/c1-7-4-5-8(6-9(7)11)10(2,3)13-12/h4,8-9,11H,5-6H2,1-3H3. The van der Waals surface area contributed by atoms with Gasteiger partial charge < -0.3 is 5.11 Å². The van der Waals surface area contributed by atoms with Crippen LogP contribution in [0.15, 0.2) is 11.6 Å². The molecular weight excluding hydrogens is 168 g/mol. The van der Waals surface area contributed by atoms with Gasteiger partial charge in [-0.15, -0.1) is 0 Å². The number of hydrogen-bond donors (Lipinski definition) is 1. The third-order valence-electron chi connectivity index (χ3n) is 2.96. The maximum Gasteiger partial charge on any atom is 0.104 e. The van der Waals surface area contributed by atoms with Gasteiger partial charge in [0, 0.05) is 0 Å². The van der Waals surface area contributed by atoms with Crippen molar-refractivity contribution in [1.29, 1.82) is 0 Å². The summed E-state index contributed by atoms with van der Waals surface area (Å²) in [5.41, 5.74) is 0.316. The molecule has 1 aliphatic rings. The van der Waals surface area contributed by atoms with Gasteiger partial charge in [-0.3, -0.25) is 0 Å². The van der Waals surface area contributed by atoms with E-state index in [1.54, 1.807) is 13.8 Å². The third kappa shape index (κ3) is 2.30. The highest BCUT2D eigenvalue weighted by molar-refractivity contribution is 5.10. The summed E-state index contributed by atoms with van der Waals surface area (Å²) >= 11 is 0. The Morgan fingerprint density at radius 3 is 2.69 bits per heavy atom. The van der Waals surface area contributed by atoms with Gasteiger partial charge in [-0.25, -0.2) is 0 Å². The average Bonchev–Trinajstić information content (AvgIpc) is 2.09. The SMILES string of the molecule is CC1=CCC(C(C)(C)O[O])CC1O. The van der Waals surface area contributed by atoms with E-state index in [-0.39, 0.29) is 5.92 Å². The van der Waals surface area contributed by atoms with E-state index >= 15 is 0 Å². The van der Waals surface area contributed by atoms with E-state index in [1.165, 1.54) is 0 Å². The second-order valence-electron chi connectivity index (χ2n) is 4.32. The van der Waals surface area contributed by atoms with Crippen molar-refractivity contribution in [2.24, 2.45) is 5.92 Å². The fourth-order valence-corrected chi connectivity index (χ4v) is 1.65. The molecule has 1 rings (SSSR count). The summed E-state index contributed by atoms with van der Waals surface area (Å²) in [5.74, 6) is 0.115. The molecule has 0 amide bonds. The van der Waals surface area contributed by atoms with Crippen LogP contribution in [0, 0.1) is 5.92 Å². The Labute approximate surface area is 79.0 Å². The van der Waals surface area contributed by atoms with Gasteiger partial charge in [0.2, 0.25) is 0 Å². The Hall–Kier alpha value is -0.380. The highest BCUT2D eigenvalue weighted by Gasteiger charge is 2.34. The first-order chi connectivity index (χ1) is 5.97. The summed E-state index contributed by atoms with van der Waals surface area (Å²) in [6.45, 7) is 5.45. The lowest BCUT2D eigenvalue weighted by atomic mass is 9.78. The molecule has 0 spiro atoms. The van der Waals surface area contributed by atoms with Gasteiger partial charge in [0.05, 0.1) is 6.10 Å². The average molecular weight is 185 g/mol. The molecule has 3 nitrogen and oxygen atoms in total. The first kappa shape index (κ1) is 10.7. The van der Waals surface area contributed by atoms with Crippen molar-refractivity contribution in [1.82, 2.24) is 0 Å². The van der Waals surface area contributed by atoms with E-state index in [4.69, 9.17) is 0 Å².